The third kappa shape index (κ3) is 7.63. The Hall–Kier alpha value is -2.44. The molecule has 0 aliphatic heterocycles. The van der Waals surface area contributed by atoms with Gasteiger partial charge in [0.1, 0.15) is 17.9 Å². The van der Waals surface area contributed by atoms with E-state index in [4.69, 9.17) is 10.5 Å². The summed E-state index contributed by atoms with van der Waals surface area (Å²) < 4.78 is 19.0. The summed E-state index contributed by atoms with van der Waals surface area (Å²) in [4.78, 5) is 35.1. The van der Waals surface area contributed by atoms with Crippen LogP contribution in [0.15, 0.2) is 18.2 Å². The lowest BCUT2D eigenvalue weighted by atomic mass is 10.1. The topological polar surface area (TPSA) is 89.7 Å². The number of ether oxygens (including phenoxy) is 1. The van der Waals surface area contributed by atoms with Gasteiger partial charge in [0.15, 0.2) is 0 Å². The Morgan fingerprint density at radius 1 is 1.27 bits per heavy atom. The molecule has 1 atom stereocenters. The van der Waals surface area contributed by atoms with E-state index in [9.17, 15) is 18.8 Å². The molecule has 1 aromatic rings. The van der Waals surface area contributed by atoms with Crippen LogP contribution in [0.4, 0.5) is 4.39 Å². The molecule has 7 heteroatoms. The zero-order valence-corrected chi connectivity index (χ0v) is 15.4. The molecule has 0 radical (unpaired) electrons. The number of likely N-dealkylation sites (N-methyl/N-ethyl adjacent to an activating group) is 1. The zero-order chi connectivity index (χ0) is 19.5. The Kier molecular flexibility index (Phi) is 9.33. The first-order valence-corrected chi connectivity index (χ1v) is 8.78. The van der Waals surface area contributed by atoms with Gasteiger partial charge < -0.3 is 20.2 Å². The van der Waals surface area contributed by atoms with Crippen LogP contribution >= 0.6 is 0 Å². The van der Waals surface area contributed by atoms with Crippen LogP contribution < -0.4 is 10.5 Å². The number of rotatable bonds is 12. The van der Waals surface area contributed by atoms with Crippen LogP contribution in [0.5, 0.6) is 5.75 Å². The summed E-state index contributed by atoms with van der Waals surface area (Å²) in [5.74, 6) is -0.629. The molecule has 2 N–H and O–H groups in total. The number of carbonyl (C=O) groups excluding carboxylic acids is 3. The second-order valence-electron chi connectivity index (χ2n) is 6.19. The van der Waals surface area contributed by atoms with Crippen molar-refractivity contribution >= 4 is 18.1 Å². The summed E-state index contributed by atoms with van der Waals surface area (Å²) in [5.41, 5.74) is 5.95. The molecule has 0 heterocycles. The largest absolute Gasteiger partial charge is 0.493 e. The minimum absolute atomic E-state index is 0.174. The number of nitrogens with zero attached hydrogens (tertiary/aromatic N) is 1. The number of hydrogen-bond donors (Lipinski definition) is 1. The van der Waals surface area contributed by atoms with Gasteiger partial charge in [-0.05, 0) is 43.4 Å². The highest BCUT2D eigenvalue weighted by molar-refractivity contribution is 5.83. The number of nitrogens with two attached hydrogens (primary N) is 1. The quantitative estimate of drug-likeness (QED) is 0.454. The smallest absolute Gasteiger partial charge is 0.222 e. The van der Waals surface area contributed by atoms with E-state index in [0.717, 1.165) is 24.8 Å². The monoisotopic (exact) mass is 366 g/mol. The molecule has 0 fully saturated rings. The molecule has 0 aliphatic carbocycles. The fourth-order valence-corrected chi connectivity index (χ4v) is 2.50. The maximum Gasteiger partial charge on any atom is 0.222 e. The number of carbonyl (C=O) groups is 3. The SMILES string of the molecule is CCc1cc(F)cc(OCCCCCC(=O)N(C)C(C=O)CC(N)=O)c1. The Morgan fingerprint density at radius 2 is 2.00 bits per heavy atom. The maximum atomic E-state index is 13.4. The third-order valence-corrected chi connectivity index (χ3v) is 4.10. The summed E-state index contributed by atoms with van der Waals surface area (Å²) in [7, 11) is 1.49. The summed E-state index contributed by atoms with van der Waals surface area (Å²) in [5, 5.41) is 0. The van der Waals surface area contributed by atoms with Crippen molar-refractivity contribution in [1.29, 1.82) is 0 Å². The molecule has 0 aliphatic rings. The Morgan fingerprint density at radius 3 is 2.62 bits per heavy atom. The number of aldehydes is 1. The van der Waals surface area contributed by atoms with Crippen LogP contribution in [0.3, 0.4) is 0 Å². The van der Waals surface area contributed by atoms with Gasteiger partial charge in [0.2, 0.25) is 11.8 Å². The van der Waals surface area contributed by atoms with Crippen LogP contribution in [0.1, 0.15) is 44.6 Å². The highest BCUT2D eigenvalue weighted by Crippen LogP contribution is 2.17. The molecule has 1 aromatic carbocycles. The molecule has 1 unspecified atom stereocenters. The van der Waals surface area contributed by atoms with E-state index in [1.807, 2.05) is 13.0 Å². The number of amides is 2. The first-order chi connectivity index (χ1) is 12.4. The predicted molar refractivity (Wildman–Crippen MR) is 96.2 cm³/mol. The van der Waals surface area contributed by atoms with E-state index in [2.05, 4.69) is 0 Å². The van der Waals surface area contributed by atoms with Crippen LogP contribution in [-0.4, -0.2) is 42.7 Å². The van der Waals surface area contributed by atoms with Crippen LogP contribution in [0.25, 0.3) is 0 Å². The molecular formula is C19H27FN2O4. The lowest BCUT2D eigenvalue weighted by Crippen LogP contribution is -2.40. The van der Waals surface area contributed by atoms with E-state index >= 15 is 0 Å². The van der Waals surface area contributed by atoms with Gasteiger partial charge in [-0.1, -0.05) is 6.92 Å². The Labute approximate surface area is 153 Å². The molecule has 1 rings (SSSR count). The van der Waals surface area contributed by atoms with Gasteiger partial charge in [-0.2, -0.15) is 0 Å². The normalized spacial score (nSPS) is 11.7. The average molecular weight is 366 g/mol. The fourth-order valence-electron chi connectivity index (χ4n) is 2.50. The molecule has 6 nitrogen and oxygen atoms in total. The standard InChI is InChI=1S/C19H27FN2O4/c1-3-14-9-15(20)11-17(10-14)26-8-6-4-5-7-19(25)22(2)16(13-23)12-18(21)24/h9-11,13,16H,3-8,12H2,1-2H3,(H2,21,24). The van der Waals surface area contributed by atoms with Gasteiger partial charge in [-0.3, -0.25) is 9.59 Å². The molecular weight excluding hydrogens is 339 g/mol. The minimum Gasteiger partial charge on any atom is -0.493 e. The van der Waals surface area contributed by atoms with Crippen molar-refractivity contribution in [1.82, 2.24) is 4.90 Å². The number of benzene rings is 1. The van der Waals surface area contributed by atoms with Gasteiger partial charge in [-0.25, -0.2) is 4.39 Å². The van der Waals surface area contributed by atoms with E-state index in [1.54, 1.807) is 0 Å². The van der Waals surface area contributed by atoms with Gasteiger partial charge in [-0.15, -0.1) is 0 Å². The molecule has 0 bridgehead atoms. The van der Waals surface area contributed by atoms with E-state index in [1.165, 1.54) is 24.1 Å². The van der Waals surface area contributed by atoms with Gasteiger partial charge in [0, 0.05) is 19.5 Å². The van der Waals surface area contributed by atoms with Crippen molar-refractivity contribution in [2.45, 2.75) is 51.5 Å². The number of primary amides is 1. The summed E-state index contributed by atoms with van der Waals surface area (Å²) in [6.45, 7) is 2.39. The number of halogens is 1. The molecule has 0 saturated carbocycles. The molecule has 0 aromatic heterocycles. The highest BCUT2D eigenvalue weighted by atomic mass is 19.1. The van der Waals surface area contributed by atoms with Crippen LogP contribution in [0, 0.1) is 5.82 Å². The second kappa shape index (κ2) is 11.2. The third-order valence-electron chi connectivity index (χ3n) is 4.10. The predicted octanol–water partition coefficient (Wildman–Crippen LogP) is 2.23. The average Bonchev–Trinajstić information content (AvgIpc) is 2.60. The Bertz CT molecular complexity index is 622. The molecule has 26 heavy (non-hydrogen) atoms. The Balaban J connectivity index is 2.27. The van der Waals surface area contributed by atoms with Crippen LogP contribution in [-0.2, 0) is 20.8 Å². The van der Waals surface area contributed by atoms with Gasteiger partial charge in [0.05, 0.1) is 19.1 Å². The first-order valence-electron chi connectivity index (χ1n) is 8.78. The highest BCUT2D eigenvalue weighted by Gasteiger charge is 2.20. The van der Waals surface area contributed by atoms with Gasteiger partial charge in [0.25, 0.3) is 0 Å². The summed E-state index contributed by atoms with van der Waals surface area (Å²) in [6, 6.07) is 3.85. The van der Waals surface area contributed by atoms with Crippen LogP contribution in [0.2, 0.25) is 0 Å². The minimum atomic E-state index is -0.816. The fraction of sp³-hybridized carbons (Fsp3) is 0.526. The van der Waals surface area contributed by atoms with Gasteiger partial charge >= 0.3 is 0 Å². The first kappa shape index (κ1) is 21.6. The van der Waals surface area contributed by atoms with Crippen molar-refractivity contribution in [3.05, 3.63) is 29.6 Å². The molecule has 0 spiro atoms. The van der Waals surface area contributed by atoms with Crippen molar-refractivity contribution in [2.75, 3.05) is 13.7 Å². The number of hydrogen-bond acceptors (Lipinski definition) is 4. The molecule has 144 valence electrons. The van der Waals surface area contributed by atoms with E-state index < -0.39 is 11.9 Å². The summed E-state index contributed by atoms with van der Waals surface area (Å²) >= 11 is 0. The van der Waals surface area contributed by atoms with E-state index in [-0.39, 0.29) is 24.6 Å². The lowest BCUT2D eigenvalue weighted by Gasteiger charge is -2.22. The van der Waals surface area contributed by atoms with Crippen molar-refractivity contribution in [3.8, 4) is 5.75 Å². The van der Waals surface area contributed by atoms with Crippen molar-refractivity contribution in [2.24, 2.45) is 5.73 Å². The maximum absolute atomic E-state index is 13.4. The zero-order valence-electron chi connectivity index (χ0n) is 15.4. The molecule has 2 amide bonds. The second-order valence-corrected chi connectivity index (χ2v) is 6.19. The number of aryl methyl sites for hydroxylation is 1. The van der Waals surface area contributed by atoms with Crippen molar-refractivity contribution in [3.63, 3.8) is 0 Å². The van der Waals surface area contributed by atoms with Crippen molar-refractivity contribution < 1.29 is 23.5 Å². The van der Waals surface area contributed by atoms with E-state index in [0.29, 0.717) is 25.1 Å². The molecule has 0 saturated heterocycles. The number of unbranched alkanes of at least 4 members (excludes halogenated alkanes) is 2. The summed E-state index contributed by atoms with van der Waals surface area (Å²) in [6.07, 6.45) is 3.52. The lowest BCUT2D eigenvalue weighted by molar-refractivity contribution is -0.136.